The quantitative estimate of drug-likeness (QED) is 0.427. The van der Waals surface area contributed by atoms with E-state index in [1.165, 1.54) is 0 Å². The van der Waals surface area contributed by atoms with Crippen LogP contribution in [0.3, 0.4) is 0 Å². The molecule has 3 rings (SSSR count). The third kappa shape index (κ3) is 4.08. The summed E-state index contributed by atoms with van der Waals surface area (Å²) in [5.41, 5.74) is 6.00. The molecule has 2 aromatic carbocycles. The fraction of sp³-hybridized carbons (Fsp3) is 0. The van der Waals surface area contributed by atoms with E-state index in [1.54, 1.807) is 11.3 Å². The van der Waals surface area contributed by atoms with Crippen molar-refractivity contribution >= 4 is 23.2 Å². The van der Waals surface area contributed by atoms with Gasteiger partial charge in [-0.15, -0.1) is 11.3 Å². The van der Waals surface area contributed by atoms with Gasteiger partial charge < -0.3 is 0 Å². The Kier molecular flexibility index (Phi) is 4.66. The van der Waals surface area contributed by atoms with Crippen molar-refractivity contribution in [1.29, 1.82) is 0 Å². The van der Waals surface area contributed by atoms with Crippen LogP contribution in [-0.4, -0.2) is 6.21 Å². The van der Waals surface area contributed by atoms with Crippen LogP contribution in [0.4, 0.5) is 5.69 Å². The number of nitrogens with one attached hydrogen (secondary N) is 1. The zero-order valence-corrected chi connectivity index (χ0v) is 12.7. The van der Waals surface area contributed by atoms with E-state index in [-0.39, 0.29) is 0 Å². The average molecular weight is 302 g/mol. The van der Waals surface area contributed by atoms with Crippen LogP contribution in [0.5, 0.6) is 0 Å². The molecule has 0 aliphatic heterocycles. The van der Waals surface area contributed by atoms with Crippen molar-refractivity contribution in [2.75, 3.05) is 5.43 Å². The minimum absolute atomic E-state index is 0.972. The molecule has 0 amide bonds. The molecule has 0 aliphatic carbocycles. The highest BCUT2D eigenvalue weighted by atomic mass is 32.1. The molecule has 1 N–H and O–H groups in total. The number of anilines is 1. The molecule has 0 atom stereocenters. The summed E-state index contributed by atoms with van der Waals surface area (Å²) in [6, 6.07) is 21.9. The fourth-order valence-corrected chi connectivity index (χ4v) is 2.53. The second-order valence-corrected chi connectivity index (χ2v) is 5.53. The highest BCUT2D eigenvalue weighted by molar-refractivity contribution is 7.11. The van der Waals surface area contributed by atoms with Crippen LogP contribution in [0.2, 0.25) is 0 Å². The molecule has 0 fully saturated rings. The number of hydrogen-bond donors (Lipinski definition) is 1. The van der Waals surface area contributed by atoms with Gasteiger partial charge in [-0.1, -0.05) is 48.2 Å². The Morgan fingerprint density at radius 1 is 0.864 bits per heavy atom. The van der Waals surface area contributed by atoms with Crippen LogP contribution < -0.4 is 5.43 Å². The monoisotopic (exact) mass is 302 g/mol. The lowest BCUT2D eigenvalue weighted by Gasteiger charge is -1.96. The van der Waals surface area contributed by atoms with Gasteiger partial charge in [0.1, 0.15) is 0 Å². The van der Waals surface area contributed by atoms with Gasteiger partial charge in [-0.05, 0) is 30.3 Å². The zero-order chi connectivity index (χ0) is 15.0. The van der Waals surface area contributed by atoms with Gasteiger partial charge in [0, 0.05) is 21.4 Å². The molecule has 1 heterocycles. The molecular weight excluding hydrogens is 288 g/mol. The Bertz CT molecular complexity index is 809. The largest absolute Gasteiger partial charge is 0.278 e. The van der Waals surface area contributed by atoms with Gasteiger partial charge in [0.15, 0.2) is 0 Å². The van der Waals surface area contributed by atoms with Crippen molar-refractivity contribution in [3.63, 3.8) is 0 Å². The molecular formula is C19H14N2S. The molecule has 106 valence electrons. The van der Waals surface area contributed by atoms with E-state index in [0.717, 1.165) is 21.7 Å². The van der Waals surface area contributed by atoms with Crippen LogP contribution >= 0.6 is 11.3 Å². The lowest BCUT2D eigenvalue weighted by molar-refractivity contribution is 1.35. The molecule has 3 aromatic rings. The van der Waals surface area contributed by atoms with E-state index in [9.17, 15) is 0 Å². The summed E-state index contributed by atoms with van der Waals surface area (Å²) < 4.78 is 0. The Labute approximate surface area is 134 Å². The zero-order valence-electron chi connectivity index (χ0n) is 11.9. The van der Waals surface area contributed by atoms with E-state index in [2.05, 4.69) is 22.4 Å². The van der Waals surface area contributed by atoms with Crippen LogP contribution in [0.25, 0.3) is 0 Å². The van der Waals surface area contributed by atoms with Crippen LogP contribution in [-0.2, 0) is 0 Å². The molecule has 1 aromatic heterocycles. The first kappa shape index (κ1) is 14.1. The summed E-state index contributed by atoms with van der Waals surface area (Å²) in [5.74, 6) is 6.32. The molecule has 0 bridgehead atoms. The molecule has 0 aliphatic rings. The van der Waals surface area contributed by atoms with Gasteiger partial charge in [-0.25, -0.2) is 0 Å². The molecule has 0 spiro atoms. The van der Waals surface area contributed by atoms with E-state index in [4.69, 9.17) is 0 Å². The maximum absolute atomic E-state index is 4.23. The van der Waals surface area contributed by atoms with Gasteiger partial charge in [0.2, 0.25) is 0 Å². The van der Waals surface area contributed by atoms with E-state index >= 15 is 0 Å². The van der Waals surface area contributed by atoms with Crippen molar-refractivity contribution in [3.8, 4) is 11.8 Å². The van der Waals surface area contributed by atoms with Crippen LogP contribution in [0.15, 0.2) is 77.2 Å². The fourth-order valence-electron chi connectivity index (χ4n) is 1.84. The predicted molar refractivity (Wildman–Crippen MR) is 94.4 cm³/mol. The Hall–Kier alpha value is -2.83. The Morgan fingerprint density at radius 3 is 2.32 bits per heavy atom. The third-order valence-corrected chi connectivity index (χ3v) is 3.77. The topological polar surface area (TPSA) is 24.4 Å². The summed E-state index contributed by atoms with van der Waals surface area (Å²) in [4.78, 5) is 1.07. The van der Waals surface area contributed by atoms with E-state index < -0.39 is 0 Å². The molecule has 0 saturated heterocycles. The standard InChI is InChI=1S/C19H14N2S/c1-3-7-16(8-4-1)11-12-17-13-19(22-15-17)14-20-21-18-9-5-2-6-10-18/h1-10,13-15,21H. The van der Waals surface area contributed by atoms with Crippen molar-refractivity contribution in [2.24, 2.45) is 5.10 Å². The van der Waals surface area contributed by atoms with Gasteiger partial charge in [0.25, 0.3) is 0 Å². The van der Waals surface area contributed by atoms with E-state index in [0.29, 0.717) is 0 Å². The van der Waals surface area contributed by atoms with Crippen molar-refractivity contribution in [3.05, 3.63) is 88.1 Å². The summed E-state index contributed by atoms with van der Waals surface area (Å²) in [7, 11) is 0. The lowest BCUT2D eigenvalue weighted by Crippen LogP contribution is -1.88. The third-order valence-electron chi connectivity index (χ3n) is 2.90. The number of para-hydroxylation sites is 1. The number of rotatable bonds is 3. The normalized spacial score (nSPS) is 10.2. The molecule has 22 heavy (non-hydrogen) atoms. The summed E-state index contributed by atoms with van der Waals surface area (Å²) in [5, 5.41) is 6.27. The summed E-state index contributed by atoms with van der Waals surface area (Å²) in [6.07, 6.45) is 1.81. The highest BCUT2D eigenvalue weighted by Gasteiger charge is 1.94. The minimum Gasteiger partial charge on any atom is -0.278 e. The number of thiophene rings is 1. The van der Waals surface area contributed by atoms with E-state index in [1.807, 2.05) is 78.3 Å². The summed E-state index contributed by atoms with van der Waals surface area (Å²) >= 11 is 1.63. The van der Waals surface area contributed by atoms with Crippen molar-refractivity contribution < 1.29 is 0 Å². The predicted octanol–water partition coefficient (Wildman–Crippen LogP) is 4.59. The maximum Gasteiger partial charge on any atom is 0.0645 e. The average Bonchev–Trinajstić information content (AvgIpc) is 3.03. The van der Waals surface area contributed by atoms with Crippen LogP contribution in [0.1, 0.15) is 16.0 Å². The van der Waals surface area contributed by atoms with Crippen LogP contribution in [0, 0.1) is 11.8 Å². The maximum atomic E-state index is 4.23. The lowest BCUT2D eigenvalue weighted by atomic mass is 10.2. The van der Waals surface area contributed by atoms with Gasteiger partial charge in [-0.3, -0.25) is 5.43 Å². The molecule has 0 unspecified atom stereocenters. The SMILES string of the molecule is C(#Cc1csc(C=NNc2ccccc2)c1)c1ccccc1. The Balaban J connectivity index is 1.63. The van der Waals surface area contributed by atoms with Gasteiger partial charge in [0.05, 0.1) is 11.9 Å². The highest BCUT2D eigenvalue weighted by Crippen LogP contribution is 2.12. The van der Waals surface area contributed by atoms with Crippen molar-refractivity contribution in [1.82, 2.24) is 0 Å². The van der Waals surface area contributed by atoms with Crippen molar-refractivity contribution in [2.45, 2.75) is 0 Å². The first-order chi connectivity index (χ1) is 10.9. The van der Waals surface area contributed by atoms with Gasteiger partial charge in [-0.2, -0.15) is 5.10 Å². The summed E-state index contributed by atoms with van der Waals surface area (Å²) in [6.45, 7) is 0. The molecule has 0 radical (unpaired) electrons. The Morgan fingerprint density at radius 2 is 1.55 bits per heavy atom. The second-order valence-electron chi connectivity index (χ2n) is 4.59. The molecule has 2 nitrogen and oxygen atoms in total. The first-order valence-corrected chi connectivity index (χ1v) is 7.78. The second kappa shape index (κ2) is 7.26. The number of nitrogens with zero attached hydrogens (tertiary/aromatic N) is 1. The first-order valence-electron chi connectivity index (χ1n) is 6.90. The molecule has 0 saturated carbocycles. The number of hydrazone groups is 1. The minimum atomic E-state index is 0.972. The van der Waals surface area contributed by atoms with Gasteiger partial charge >= 0.3 is 0 Å². The number of hydrogen-bond acceptors (Lipinski definition) is 3. The smallest absolute Gasteiger partial charge is 0.0645 e. The number of benzene rings is 2. The molecule has 3 heteroatoms.